The van der Waals surface area contributed by atoms with Crippen molar-refractivity contribution in [2.24, 2.45) is 0 Å². The van der Waals surface area contributed by atoms with Crippen LogP contribution < -0.4 is 5.56 Å². The number of benzene rings is 2. The maximum Gasteiger partial charge on any atom is 0.261 e. The van der Waals surface area contributed by atoms with Gasteiger partial charge in [-0.05, 0) is 29.8 Å². The molecule has 0 saturated carbocycles. The molecule has 4 rings (SSSR count). The van der Waals surface area contributed by atoms with E-state index in [4.69, 9.17) is 16.0 Å². The molecule has 0 saturated heterocycles. The highest BCUT2D eigenvalue weighted by Crippen LogP contribution is 2.31. The number of hydrogen-bond acceptors (Lipinski definition) is 5. The van der Waals surface area contributed by atoms with E-state index >= 15 is 0 Å². The zero-order valence-electron chi connectivity index (χ0n) is 12.9. The minimum Gasteiger partial charge on any atom is -0.507 e. The SMILES string of the molecule is O=c1c2cc(O)c(-c3cnco3)cc2ncn1Cc1ccc(Cl)cc1. The van der Waals surface area contributed by atoms with E-state index in [2.05, 4.69) is 9.97 Å². The number of phenols is 1. The molecule has 0 bridgehead atoms. The van der Waals surface area contributed by atoms with Crippen molar-refractivity contribution < 1.29 is 9.52 Å². The highest BCUT2D eigenvalue weighted by atomic mass is 35.5. The maximum atomic E-state index is 12.7. The van der Waals surface area contributed by atoms with Crippen molar-refractivity contribution in [1.29, 1.82) is 0 Å². The Morgan fingerprint density at radius 2 is 2.00 bits per heavy atom. The molecule has 2 heterocycles. The number of aromatic nitrogens is 3. The first-order valence-corrected chi connectivity index (χ1v) is 7.85. The van der Waals surface area contributed by atoms with Gasteiger partial charge in [0.2, 0.25) is 0 Å². The minimum atomic E-state index is -0.237. The van der Waals surface area contributed by atoms with E-state index in [1.165, 1.54) is 29.6 Å². The Labute approximate surface area is 147 Å². The summed E-state index contributed by atoms with van der Waals surface area (Å²) in [5.74, 6) is 0.346. The molecular weight excluding hydrogens is 342 g/mol. The minimum absolute atomic E-state index is 0.0626. The Balaban J connectivity index is 1.79. The van der Waals surface area contributed by atoms with E-state index in [1.54, 1.807) is 18.2 Å². The van der Waals surface area contributed by atoms with Crippen molar-refractivity contribution in [3.05, 3.63) is 76.3 Å². The van der Waals surface area contributed by atoms with Gasteiger partial charge in [-0.3, -0.25) is 9.36 Å². The van der Waals surface area contributed by atoms with Crippen LogP contribution in [0.1, 0.15) is 5.56 Å². The maximum absolute atomic E-state index is 12.7. The third kappa shape index (κ3) is 2.88. The molecule has 0 aliphatic heterocycles. The fraction of sp³-hybridized carbons (Fsp3) is 0.0556. The van der Waals surface area contributed by atoms with Gasteiger partial charge >= 0.3 is 0 Å². The predicted molar refractivity (Wildman–Crippen MR) is 93.7 cm³/mol. The number of halogens is 1. The number of phenolic OH excluding ortho intramolecular Hbond substituents is 1. The van der Waals surface area contributed by atoms with Crippen LogP contribution in [0.2, 0.25) is 5.02 Å². The van der Waals surface area contributed by atoms with E-state index in [-0.39, 0.29) is 11.3 Å². The van der Waals surface area contributed by atoms with Crippen LogP contribution in [0.25, 0.3) is 22.2 Å². The van der Waals surface area contributed by atoms with Crippen molar-refractivity contribution in [3.63, 3.8) is 0 Å². The zero-order valence-corrected chi connectivity index (χ0v) is 13.6. The summed E-state index contributed by atoms with van der Waals surface area (Å²) in [7, 11) is 0. The van der Waals surface area contributed by atoms with E-state index in [1.807, 2.05) is 12.1 Å². The van der Waals surface area contributed by atoms with Gasteiger partial charge in [-0.1, -0.05) is 23.7 Å². The molecule has 0 fully saturated rings. The van der Waals surface area contributed by atoms with Gasteiger partial charge in [0.25, 0.3) is 5.56 Å². The molecule has 7 heteroatoms. The second-order valence-corrected chi connectivity index (χ2v) is 5.99. The highest BCUT2D eigenvalue weighted by molar-refractivity contribution is 6.30. The molecule has 124 valence electrons. The number of oxazole rings is 1. The molecule has 0 amide bonds. The number of aromatic hydroxyl groups is 1. The Bertz CT molecular complexity index is 1100. The summed E-state index contributed by atoms with van der Waals surface area (Å²) in [6.45, 7) is 0.365. The van der Waals surface area contributed by atoms with Gasteiger partial charge in [0.15, 0.2) is 12.2 Å². The van der Waals surface area contributed by atoms with Gasteiger partial charge in [-0.25, -0.2) is 9.97 Å². The molecule has 1 N–H and O–H groups in total. The van der Waals surface area contributed by atoms with Gasteiger partial charge in [0, 0.05) is 5.02 Å². The van der Waals surface area contributed by atoms with Crippen LogP contribution in [0.15, 0.2) is 64.5 Å². The van der Waals surface area contributed by atoms with Crippen LogP contribution in [0.5, 0.6) is 5.75 Å². The summed E-state index contributed by atoms with van der Waals surface area (Å²) in [4.78, 5) is 20.9. The van der Waals surface area contributed by atoms with Crippen molar-refractivity contribution in [3.8, 4) is 17.1 Å². The van der Waals surface area contributed by atoms with Crippen LogP contribution in [-0.2, 0) is 6.54 Å². The number of nitrogens with zero attached hydrogens (tertiary/aromatic N) is 3. The third-order valence-corrected chi connectivity index (χ3v) is 4.16. The largest absolute Gasteiger partial charge is 0.507 e. The molecular formula is C18H12ClN3O3. The fourth-order valence-corrected chi connectivity index (χ4v) is 2.77. The molecule has 0 aliphatic rings. The zero-order chi connectivity index (χ0) is 17.4. The quantitative estimate of drug-likeness (QED) is 0.610. The monoisotopic (exact) mass is 353 g/mol. The molecule has 6 nitrogen and oxygen atoms in total. The van der Waals surface area contributed by atoms with Crippen LogP contribution in [0.3, 0.4) is 0 Å². The first-order valence-electron chi connectivity index (χ1n) is 7.47. The van der Waals surface area contributed by atoms with Crippen molar-refractivity contribution in [2.75, 3.05) is 0 Å². The second kappa shape index (κ2) is 6.07. The van der Waals surface area contributed by atoms with Gasteiger partial charge in [-0.2, -0.15) is 0 Å². The van der Waals surface area contributed by atoms with Crippen molar-refractivity contribution in [1.82, 2.24) is 14.5 Å². The number of fused-ring (bicyclic) bond motifs is 1. The van der Waals surface area contributed by atoms with Gasteiger partial charge in [-0.15, -0.1) is 0 Å². The smallest absolute Gasteiger partial charge is 0.261 e. The standard InChI is InChI=1S/C18H12ClN3O3/c19-12-3-1-11(2-4-12)8-22-9-21-15-5-14(17-7-20-10-25-17)16(23)6-13(15)18(22)24/h1-7,9-10,23H,8H2. The van der Waals surface area contributed by atoms with Gasteiger partial charge < -0.3 is 9.52 Å². The summed E-state index contributed by atoms with van der Waals surface area (Å²) < 4.78 is 6.68. The summed E-state index contributed by atoms with van der Waals surface area (Å²) in [6.07, 6.45) is 4.25. The molecule has 0 unspecified atom stereocenters. The Morgan fingerprint density at radius 1 is 1.20 bits per heavy atom. The van der Waals surface area contributed by atoms with Gasteiger partial charge in [0.1, 0.15) is 5.75 Å². The first-order chi connectivity index (χ1) is 12.1. The fourth-order valence-electron chi connectivity index (χ4n) is 2.64. The molecule has 25 heavy (non-hydrogen) atoms. The summed E-state index contributed by atoms with van der Waals surface area (Å²) in [5.41, 5.74) is 1.60. The summed E-state index contributed by atoms with van der Waals surface area (Å²) >= 11 is 5.88. The molecule has 0 spiro atoms. The predicted octanol–water partition coefficient (Wildman–Crippen LogP) is 3.46. The summed E-state index contributed by atoms with van der Waals surface area (Å²) in [6, 6.07) is 10.3. The van der Waals surface area contributed by atoms with E-state index in [0.717, 1.165) is 5.56 Å². The Hall–Kier alpha value is -3.12. The summed E-state index contributed by atoms with van der Waals surface area (Å²) in [5, 5.41) is 11.2. The van der Waals surface area contributed by atoms with Gasteiger partial charge in [0.05, 0.1) is 35.5 Å². The Morgan fingerprint density at radius 3 is 2.72 bits per heavy atom. The average molecular weight is 354 g/mol. The second-order valence-electron chi connectivity index (χ2n) is 5.56. The van der Waals surface area contributed by atoms with E-state index < -0.39 is 0 Å². The lowest BCUT2D eigenvalue weighted by Crippen LogP contribution is -2.21. The van der Waals surface area contributed by atoms with Crippen LogP contribution in [-0.4, -0.2) is 19.6 Å². The average Bonchev–Trinajstić information content (AvgIpc) is 3.14. The normalized spacial score (nSPS) is 11.1. The van der Waals surface area contributed by atoms with E-state index in [0.29, 0.717) is 33.8 Å². The lowest BCUT2D eigenvalue weighted by molar-refractivity contribution is 0.474. The lowest BCUT2D eigenvalue weighted by Gasteiger charge is -2.08. The molecule has 0 atom stereocenters. The molecule has 4 aromatic rings. The molecule has 0 aliphatic carbocycles. The van der Waals surface area contributed by atoms with Crippen LogP contribution >= 0.6 is 11.6 Å². The highest BCUT2D eigenvalue weighted by Gasteiger charge is 2.13. The van der Waals surface area contributed by atoms with Crippen molar-refractivity contribution in [2.45, 2.75) is 6.54 Å². The van der Waals surface area contributed by atoms with Crippen molar-refractivity contribution >= 4 is 22.5 Å². The topological polar surface area (TPSA) is 81.2 Å². The first kappa shape index (κ1) is 15.4. The third-order valence-electron chi connectivity index (χ3n) is 3.91. The van der Waals surface area contributed by atoms with Crippen LogP contribution in [0, 0.1) is 0 Å². The number of rotatable bonds is 3. The van der Waals surface area contributed by atoms with E-state index in [9.17, 15) is 9.90 Å². The molecule has 2 aromatic carbocycles. The lowest BCUT2D eigenvalue weighted by atomic mass is 10.1. The molecule has 2 aromatic heterocycles. The number of hydrogen-bond donors (Lipinski definition) is 1. The van der Waals surface area contributed by atoms with Crippen LogP contribution in [0.4, 0.5) is 0 Å². The molecule has 0 radical (unpaired) electrons. The Kier molecular flexibility index (Phi) is 3.74.